The van der Waals surface area contributed by atoms with E-state index in [1.165, 1.54) is 18.4 Å². The third kappa shape index (κ3) is 3.96. The van der Waals surface area contributed by atoms with Crippen molar-refractivity contribution in [2.75, 3.05) is 46.0 Å². The van der Waals surface area contributed by atoms with E-state index in [4.69, 9.17) is 9.47 Å². The predicted octanol–water partition coefficient (Wildman–Crippen LogP) is 1.74. The van der Waals surface area contributed by atoms with Crippen molar-refractivity contribution in [3.63, 3.8) is 0 Å². The molecule has 1 unspecified atom stereocenters. The zero-order chi connectivity index (χ0) is 18.0. The second-order valence-electron chi connectivity index (χ2n) is 8.30. The zero-order valence-electron chi connectivity index (χ0n) is 15.6. The van der Waals surface area contributed by atoms with Crippen molar-refractivity contribution in [3.8, 4) is 0 Å². The maximum absolute atomic E-state index is 12.5. The second-order valence-corrected chi connectivity index (χ2v) is 8.30. The van der Waals surface area contributed by atoms with Gasteiger partial charge in [0, 0.05) is 25.9 Å². The minimum atomic E-state index is -0.188. The Morgan fingerprint density at radius 3 is 2.65 bits per heavy atom. The zero-order valence-corrected chi connectivity index (χ0v) is 15.6. The Kier molecular flexibility index (Phi) is 5.32. The van der Waals surface area contributed by atoms with Gasteiger partial charge in [-0.1, -0.05) is 11.6 Å². The number of hydrogen-bond acceptors (Lipinski definition) is 4. The standard InChI is InChI=1S/C20H30N2O4/c23-18(21-6-8-25-9-7-21)11-17-12-20(26-13-17)14-22(15-20)19(24)10-16-4-2-1-3-5-16/h4,17H,1-3,5-15H2. The quantitative estimate of drug-likeness (QED) is 0.715. The third-order valence-electron chi connectivity index (χ3n) is 6.19. The van der Waals surface area contributed by atoms with Gasteiger partial charge in [0.25, 0.3) is 0 Å². The molecule has 2 amide bonds. The Hall–Kier alpha value is -1.40. The monoisotopic (exact) mass is 362 g/mol. The molecule has 6 nitrogen and oxygen atoms in total. The van der Waals surface area contributed by atoms with Gasteiger partial charge in [-0.05, 0) is 38.0 Å². The van der Waals surface area contributed by atoms with E-state index in [1.54, 1.807) is 0 Å². The number of carbonyl (C=O) groups is 2. The maximum Gasteiger partial charge on any atom is 0.226 e. The summed E-state index contributed by atoms with van der Waals surface area (Å²) < 4.78 is 11.4. The normalized spacial score (nSPS) is 28.0. The Bertz CT molecular complexity index is 576. The summed E-state index contributed by atoms with van der Waals surface area (Å²) in [5.41, 5.74) is 1.12. The van der Waals surface area contributed by atoms with E-state index in [0.29, 0.717) is 58.8 Å². The van der Waals surface area contributed by atoms with E-state index in [2.05, 4.69) is 6.08 Å². The molecule has 4 aliphatic rings. The first-order valence-corrected chi connectivity index (χ1v) is 10.1. The molecule has 26 heavy (non-hydrogen) atoms. The Morgan fingerprint density at radius 1 is 1.12 bits per heavy atom. The lowest BCUT2D eigenvalue weighted by Gasteiger charge is -2.47. The molecule has 0 aromatic carbocycles. The number of allylic oxidation sites excluding steroid dienone is 1. The number of likely N-dealkylation sites (tertiary alicyclic amines) is 1. The van der Waals surface area contributed by atoms with Crippen LogP contribution in [0.1, 0.15) is 44.9 Å². The molecule has 4 rings (SSSR count). The van der Waals surface area contributed by atoms with E-state index < -0.39 is 0 Å². The predicted molar refractivity (Wildman–Crippen MR) is 96.6 cm³/mol. The Morgan fingerprint density at radius 2 is 1.92 bits per heavy atom. The molecule has 3 fully saturated rings. The van der Waals surface area contributed by atoms with Crippen molar-refractivity contribution in [3.05, 3.63) is 11.6 Å². The van der Waals surface area contributed by atoms with Crippen LogP contribution < -0.4 is 0 Å². The molecule has 6 heteroatoms. The number of rotatable bonds is 4. The Balaban J connectivity index is 1.21. The minimum Gasteiger partial charge on any atom is -0.378 e. The second kappa shape index (κ2) is 7.69. The van der Waals surface area contributed by atoms with Gasteiger partial charge in [-0.3, -0.25) is 9.59 Å². The molecular formula is C20H30N2O4. The van der Waals surface area contributed by atoms with Crippen LogP contribution in [-0.2, 0) is 19.1 Å². The molecular weight excluding hydrogens is 332 g/mol. The smallest absolute Gasteiger partial charge is 0.226 e. The largest absolute Gasteiger partial charge is 0.378 e. The van der Waals surface area contributed by atoms with Gasteiger partial charge in [-0.25, -0.2) is 0 Å². The summed E-state index contributed by atoms with van der Waals surface area (Å²) in [4.78, 5) is 28.7. The number of hydrogen-bond donors (Lipinski definition) is 0. The van der Waals surface area contributed by atoms with Gasteiger partial charge in [0.1, 0.15) is 5.60 Å². The summed E-state index contributed by atoms with van der Waals surface area (Å²) in [5.74, 6) is 0.735. The van der Waals surface area contributed by atoms with Crippen LogP contribution in [0.25, 0.3) is 0 Å². The Labute approximate surface area is 155 Å². The van der Waals surface area contributed by atoms with Crippen molar-refractivity contribution in [2.45, 2.75) is 50.5 Å². The number of amides is 2. The van der Waals surface area contributed by atoms with Crippen LogP contribution in [0.15, 0.2) is 11.6 Å². The fraction of sp³-hybridized carbons (Fsp3) is 0.800. The van der Waals surface area contributed by atoms with Gasteiger partial charge in [0.15, 0.2) is 0 Å². The fourth-order valence-corrected chi connectivity index (χ4v) is 4.68. The first kappa shape index (κ1) is 18.0. The SMILES string of the molecule is O=C(CC1COC2(C1)CN(C(=O)CC1=CCCCC1)C2)N1CCOCC1. The topological polar surface area (TPSA) is 59.1 Å². The van der Waals surface area contributed by atoms with Crippen LogP contribution in [0, 0.1) is 5.92 Å². The number of morpholine rings is 1. The molecule has 0 N–H and O–H groups in total. The molecule has 144 valence electrons. The summed E-state index contributed by atoms with van der Waals surface area (Å²) in [5, 5.41) is 0. The van der Waals surface area contributed by atoms with Crippen molar-refractivity contribution in [1.29, 1.82) is 0 Å². The highest BCUT2D eigenvalue weighted by Crippen LogP contribution is 2.40. The van der Waals surface area contributed by atoms with Crippen LogP contribution in [0.2, 0.25) is 0 Å². The van der Waals surface area contributed by atoms with Crippen LogP contribution in [0.3, 0.4) is 0 Å². The number of ether oxygens (including phenoxy) is 2. The molecule has 1 atom stereocenters. The summed E-state index contributed by atoms with van der Waals surface area (Å²) >= 11 is 0. The molecule has 3 aliphatic heterocycles. The lowest BCUT2D eigenvalue weighted by Crippen LogP contribution is -2.63. The van der Waals surface area contributed by atoms with Gasteiger partial charge in [-0.15, -0.1) is 0 Å². The molecule has 0 bridgehead atoms. The fourth-order valence-electron chi connectivity index (χ4n) is 4.68. The summed E-state index contributed by atoms with van der Waals surface area (Å²) in [6.45, 7) is 4.73. The van der Waals surface area contributed by atoms with Crippen LogP contribution in [-0.4, -0.2) is 73.2 Å². The van der Waals surface area contributed by atoms with E-state index in [1.807, 2.05) is 9.80 Å². The van der Waals surface area contributed by atoms with Crippen molar-refractivity contribution in [1.82, 2.24) is 9.80 Å². The number of nitrogens with zero attached hydrogens (tertiary/aromatic N) is 2. The lowest BCUT2D eigenvalue weighted by molar-refractivity contribution is -0.157. The molecule has 0 saturated carbocycles. The van der Waals surface area contributed by atoms with Gasteiger partial charge in [0.2, 0.25) is 11.8 Å². The highest BCUT2D eigenvalue weighted by atomic mass is 16.5. The van der Waals surface area contributed by atoms with Gasteiger partial charge in [-0.2, -0.15) is 0 Å². The van der Waals surface area contributed by atoms with Gasteiger partial charge in [0.05, 0.1) is 32.9 Å². The summed E-state index contributed by atoms with van der Waals surface area (Å²) in [7, 11) is 0. The lowest BCUT2D eigenvalue weighted by atomic mass is 9.85. The minimum absolute atomic E-state index is 0.188. The average molecular weight is 362 g/mol. The molecule has 1 spiro atoms. The van der Waals surface area contributed by atoms with E-state index in [9.17, 15) is 9.59 Å². The van der Waals surface area contributed by atoms with Crippen molar-refractivity contribution < 1.29 is 19.1 Å². The first-order chi connectivity index (χ1) is 12.6. The first-order valence-electron chi connectivity index (χ1n) is 10.1. The average Bonchev–Trinajstić information content (AvgIpc) is 3.06. The number of carbonyl (C=O) groups excluding carboxylic acids is 2. The van der Waals surface area contributed by atoms with Gasteiger partial charge < -0.3 is 19.3 Å². The molecule has 1 aliphatic carbocycles. The highest BCUT2D eigenvalue weighted by molar-refractivity contribution is 5.80. The van der Waals surface area contributed by atoms with Crippen molar-refractivity contribution >= 4 is 11.8 Å². The van der Waals surface area contributed by atoms with Crippen molar-refractivity contribution in [2.24, 2.45) is 5.92 Å². The van der Waals surface area contributed by atoms with E-state index in [0.717, 1.165) is 19.3 Å². The summed E-state index contributed by atoms with van der Waals surface area (Å²) in [6, 6.07) is 0. The summed E-state index contributed by atoms with van der Waals surface area (Å²) in [6.07, 6.45) is 8.94. The maximum atomic E-state index is 12.5. The van der Waals surface area contributed by atoms with Crippen LogP contribution in [0.4, 0.5) is 0 Å². The van der Waals surface area contributed by atoms with E-state index in [-0.39, 0.29) is 23.3 Å². The molecule has 3 saturated heterocycles. The molecule has 0 aromatic rings. The van der Waals surface area contributed by atoms with Crippen LogP contribution >= 0.6 is 0 Å². The van der Waals surface area contributed by atoms with E-state index >= 15 is 0 Å². The molecule has 0 aromatic heterocycles. The highest BCUT2D eigenvalue weighted by Gasteiger charge is 2.51. The molecule has 0 radical (unpaired) electrons. The third-order valence-corrected chi connectivity index (χ3v) is 6.19. The van der Waals surface area contributed by atoms with Crippen LogP contribution in [0.5, 0.6) is 0 Å². The molecule has 3 heterocycles. The van der Waals surface area contributed by atoms with Gasteiger partial charge >= 0.3 is 0 Å².